The fourth-order valence-corrected chi connectivity index (χ4v) is 3.23. The van der Waals surface area contributed by atoms with E-state index in [0.29, 0.717) is 37.1 Å². The number of hydrogen-bond donors (Lipinski definition) is 3. The molecule has 7 nitrogen and oxygen atoms in total. The minimum Gasteiger partial charge on any atom is -0.478 e. The Labute approximate surface area is 157 Å². The molecule has 1 aliphatic heterocycles. The minimum atomic E-state index is -1.26. The van der Waals surface area contributed by atoms with Crippen molar-refractivity contribution in [2.75, 3.05) is 13.1 Å². The van der Waals surface area contributed by atoms with Gasteiger partial charge in [-0.15, -0.1) is 0 Å². The molecule has 27 heavy (non-hydrogen) atoms. The number of benzene rings is 1. The molecule has 7 heteroatoms. The summed E-state index contributed by atoms with van der Waals surface area (Å²) < 4.78 is 0. The summed E-state index contributed by atoms with van der Waals surface area (Å²) >= 11 is 0. The van der Waals surface area contributed by atoms with Gasteiger partial charge in [0, 0.05) is 25.1 Å². The Morgan fingerprint density at radius 3 is 2.04 bits per heavy atom. The highest BCUT2D eigenvalue weighted by atomic mass is 16.4. The van der Waals surface area contributed by atoms with Crippen molar-refractivity contribution in [3.8, 4) is 0 Å². The van der Waals surface area contributed by atoms with Crippen LogP contribution in [0.4, 0.5) is 0 Å². The summed E-state index contributed by atoms with van der Waals surface area (Å²) in [5, 5.41) is 28.3. The summed E-state index contributed by atoms with van der Waals surface area (Å²) in [6, 6.07) is 6.54. The number of piperidine rings is 1. The van der Waals surface area contributed by atoms with E-state index in [1.165, 1.54) is 0 Å². The van der Waals surface area contributed by atoms with Crippen molar-refractivity contribution in [1.82, 2.24) is 4.90 Å². The van der Waals surface area contributed by atoms with Crippen LogP contribution in [0.15, 0.2) is 35.4 Å². The van der Waals surface area contributed by atoms with Gasteiger partial charge in [0.15, 0.2) is 0 Å². The van der Waals surface area contributed by atoms with Crippen LogP contribution >= 0.6 is 0 Å². The quantitative estimate of drug-likeness (QED) is 0.655. The molecule has 0 bridgehead atoms. The highest BCUT2D eigenvalue weighted by Crippen LogP contribution is 2.21. The normalized spacial score (nSPS) is 16.2. The van der Waals surface area contributed by atoms with Gasteiger partial charge in [0.2, 0.25) is 0 Å². The number of carbonyl (C=O) groups excluding carboxylic acids is 1. The highest BCUT2D eigenvalue weighted by Gasteiger charge is 2.24. The molecule has 146 valence electrons. The van der Waals surface area contributed by atoms with E-state index in [-0.39, 0.29) is 29.6 Å². The van der Waals surface area contributed by atoms with Gasteiger partial charge in [-0.2, -0.15) is 0 Å². The van der Waals surface area contributed by atoms with E-state index in [9.17, 15) is 29.7 Å². The Kier molecular flexibility index (Phi) is 6.74. The number of aliphatic carboxylic acids is 2. The first-order valence-electron chi connectivity index (χ1n) is 8.96. The van der Waals surface area contributed by atoms with Crippen LogP contribution in [0.3, 0.4) is 0 Å². The smallest absolute Gasteiger partial charge is 0.332 e. The first-order chi connectivity index (χ1) is 12.7. The maximum atomic E-state index is 12.5. The van der Waals surface area contributed by atoms with Gasteiger partial charge < -0.3 is 20.2 Å². The lowest BCUT2D eigenvalue weighted by Crippen LogP contribution is -2.40. The summed E-state index contributed by atoms with van der Waals surface area (Å²) in [5.74, 6) is -3.05. The van der Waals surface area contributed by atoms with Crippen molar-refractivity contribution in [1.29, 1.82) is 0 Å². The van der Waals surface area contributed by atoms with Crippen LogP contribution < -0.4 is 0 Å². The third kappa shape index (κ3) is 5.17. The molecule has 0 radical (unpaired) electrons. The van der Waals surface area contributed by atoms with Gasteiger partial charge in [0.1, 0.15) is 0 Å². The number of likely N-dealkylation sites (tertiary alicyclic amines) is 1. The monoisotopic (exact) mass is 375 g/mol. The molecule has 0 atom stereocenters. The van der Waals surface area contributed by atoms with Crippen molar-refractivity contribution in [3.63, 3.8) is 0 Å². The summed E-state index contributed by atoms with van der Waals surface area (Å²) in [6.45, 7) is 4.29. The average molecular weight is 375 g/mol. The maximum Gasteiger partial charge on any atom is 0.332 e. The molecule has 0 aromatic heterocycles. The van der Waals surface area contributed by atoms with Crippen LogP contribution in [0.5, 0.6) is 0 Å². The molecule has 1 aliphatic rings. The van der Waals surface area contributed by atoms with Gasteiger partial charge >= 0.3 is 11.9 Å². The third-order valence-corrected chi connectivity index (χ3v) is 4.72. The van der Waals surface area contributed by atoms with Crippen molar-refractivity contribution >= 4 is 17.8 Å². The molecular formula is C20H25NO6. The largest absolute Gasteiger partial charge is 0.478 e. The van der Waals surface area contributed by atoms with Crippen LogP contribution in [0.1, 0.15) is 42.6 Å². The Morgan fingerprint density at radius 2 is 1.59 bits per heavy atom. The molecule has 0 spiro atoms. The van der Waals surface area contributed by atoms with E-state index in [1.807, 2.05) is 0 Å². The number of carboxylic acids is 2. The first kappa shape index (κ1) is 20.6. The molecule has 1 aromatic carbocycles. The second-order valence-corrected chi connectivity index (χ2v) is 7.05. The van der Waals surface area contributed by atoms with Crippen molar-refractivity contribution in [2.45, 2.75) is 39.2 Å². The van der Waals surface area contributed by atoms with Crippen molar-refractivity contribution < 1.29 is 29.7 Å². The number of carboxylic acid groups (broad SMARTS) is 2. The molecule has 2 rings (SSSR count). The third-order valence-electron chi connectivity index (χ3n) is 4.72. The number of nitrogens with zero attached hydrogens (tertiary/aromatic N) is 1. The molecule has 0 aliphatic carbocycles. The molecule has 1 aromatic rings. The zero-order valence-corrected chi connectivity index (χ0v) is 15.5. The van der Waals surface area contributed by atoms with E-state index < -0.39 is 17.9 Å². The summed E-state index contributed by atoms with van der Waals surface area (Å²) in [4.78, 5) is 37.2. The zero-order valence-electron chi connectivity index (χ0n) is 15.5. The van der Waals surface area contributed by atoms with Crippen molar-refractivity contribution in [3.05, 3.63) is 46.5 Å². The lowest BCUT2D eigenvalue weighted by Gasteiger charge is -2.29. The molecule has 1 saturated heterocycles. The molecule has 0 saturated carbocycles. The van der Waals surface area contributed by atoms with Crippen LogP contribution in [0, 0.1) is 5.92 Å². The predicted octanol–water partition coefficient (Wildman–Crippen LogP) is 1.95. The van der Waals surface area contributed by atoms with Crippen LogP contribution in [-0.4, -0.2) is 57.3 Å². The Balaban J connectivity index is 2.18. The number of aliphatic hydroxyl groups excluding tert-OH is 1. The van der Waals surface area contributed by atoms with Gasteiger partial charge in [-0.05, 0) is 36.5 Å². The molecule has 1 heterocycles. The standard InChI is InChI=1S/C20H25NO6/c1-12(2)17(20(26)27)16(19(24)25)11-13-3-5-14(6-4-13)18(23)21-9-7-15(22)8-10-21/h3-6,12,15,22H,7-11H2,1-2H3,(H,24,25)(H,26,27). The average Bonchev–Trinajstić information content (AvgIpc) is 2.61. The summed E-state index contributed by atoms with van der Waals surface area (Å²) in [6.07, 6.45) is 0.731. The molecule has 1 fully saturated rings. The van der Waals surface area contributed by atoms with E-state index in [0.717, 1.165) is 0 Å². The van der Waals surface area contributed by atoms with E-state index in [4.69, 9.17) is 0 Å². The molecule has 0 unspecified atom stereocenters. The van der Waals surface area contributed by atoms with E-state index >= 15 is 0 Å². The number of hydrogen-bond acceptors (Lipinski definition) is 4. The first-order valence-corrected chi connectivity index (χ1v) is 8.96. The molecular weight excluding hydrogens is 350 g/mol. The second kappa shape index (κ2) is 8.81. The molecule has 3 N–H and O–H groups in total. The van der Waals surface area contributed by atoms with Gasteiger partial charge in [-0.3, -0.25) is 4.79 Å². The fraction of sp³-hybridized carbons (Fsp3) is 0.450. The number of carbonyl (C=O) groups is 3. The predicted molar refractivity (Wildman–Crippen MR) is 98.4 cm³/mol. The van der Waals surface area contributed by atoms with Crippen LogP contribution in [0.25, 0.3) is 0 Å². The lowest BCUT2D eigenvalue weighted by molar-refractivity contribution is -0.136. The van der Waals surface area contributed by atoms with Crippen molar-refractivity contribution in [2.24, 2.45) is 5.92 Å². The van der Waals surface area contributed by atoms with Crippen LogP contribution in [-0.2, 0) is 16.0 Å². The SMILES string of the molecule is CC(C)C(C(=O)O)=C(Cc1ccc(C(=O)N2CCC(O)CC2)cc1)C(=O)O. The van der Waals surface area contributed by atoms with Gasteiger partial charge in [-0.1, -0.05) is 26.0 Å². The number of amides is 1. The Hall–Kier alpha value is -2.67. The Bertz CT molecular complexity index is 742. The minimum absolute atomic E-state index is 0.0283. The summed E-state index contributed by atoms with van der Waals surface area (Å²) in [5.41, 5.74) is 0.840. The number of rotatable bonds is 6. The highest BCUT2D eigenvalue weighted by molar-refractivity contribution is 5.99. The second-order valence-electron chi connectivity index (χ2n) is 7.05. The van der Waals surface area contributed by atoms with Gasteiger partial charge in [0.25, 0.3) is 5.91 Å². The fourth-order valence-electron chi connectivity index (χ4n) is 3.23. The van der Waals surface area contributed by atoms with E-state index in [1.54, 1.807) is 43.0 Å². The maximum absolute atomic E-state index is 12.5. The van der Waals surface area contributed by atoms with E-state index in [2.05, 4.69) is 0 Å². The lowest BCUT2D eigenvalue weighted by atomic mass is 9.92. The number of aliphatic hydroxyl groups is 1. The topological polar surface area (TPSA) is 115 Å². The van der Waals surface area contributed by atoms with Crippen LogP contribution in [0.2, 0.25) is 0 Å². The molecule has 1 amide bonds. The Morgan fingerprint density at radius 1 is 1.04 bits per heavy atom. The zero-order chi connectivity index (χ0) is 20.1. The van der Waals surface area contributed by atoms with Gasteiger partial charge in [-0.25, -0.2) is 9.59 Å². The summed E-state index contributed by atoms with van der Waals surface area (Å²) in [7, 11) is 0. The van der Waals surface area contributed by atoms with Gasteiger partial charge in [0.05, 0.1) is 17.3 Å².